The number of nitrogens with one attached hydrogen (secondary N) is 1. The quantitative estimate of drug-likeness (QED) is 0.755. The lowest BCUT2D eigenvalue weighted by Crippen LogP contribution is -2.25. The van der Waals surface area contributed by atoms with Crippen LogP contribution in [0.3, 0.4) is 0 Å². The normalized spacial score (nSPS) is 12.5. The molecular weight excluding hydrogens is 300 g/mol. The molecule has 0 aliphatic carbocycles. The molecule has 3 aromatic rings. The number of hydrogen-bond donors (Lipinski definition) is 2. The topological polar surface area (TPSA) is 55.1 Å². The van der Waals surface area contributed by atoms with E-state index < -0.39 is 0 Å². The molecule has 2 heterocycles. The van der Waals surface area contributed by atoms with Crippen LogP contribution >= 0.6 is 22.7 Å². The predicted molar refractivity (Wildman–Crippen MR) is 91.2 cm³/mol. The van der Waals surface area contributed by atoms with E-state index in [0.29, 0.717) is 10.6 Å². The summed E-state index contributed by atoms with van der Waals surface area (Å²) in [6.07, 6.45) is 0. The van der Waals surface area contributed by atoms with E-state index in [2.05, 4.69) is 24.4 Å². The van der Waals surface area contributed by atoms with Crippen LogP contribution in [0.2, 0.25) is 0 Å². The zero-order valence-electron chi connectivity index (χ0n) is 11.8. The summed E-state index contributed by atoms with van der Waals surface area (Å²) in [5, 5.41) is 3.98. The van der Waals surface area contributed by atoms with Gasteiger partial charge in [-0.15, -0.1) is 22.7 Å². The SMILES string of the molecule is Cc1ccc(C(C)NC(=O)c2sc3ccccc3c2N)s1. The molecule has 0 spiro atoms. The summed E-state index contributed by atoms with van der Waals surface area (Å²) in [6.45, 7) is 4.05. The van der Waals surface area contributed by atoms with E-state index in [-0.39, 0.29) is 11.9 Å². The minimum absolute atomic E-state index is 0.0131. The Labute approximate surface area is 131 Å². The molecule has 2 aromatic heterocycles. The van der Waals surface area contributed by atoms with Crippen molar-refractivity contribution in [2.45, 2.75) is 19.9 Å². The van der Waals surface area contributed by atoms with E-state index >= 15 is 0 Å². The summed E-state index contributed by atoms with van der Waals surface area (Å²) < 4.78 is 1.04. The van der Waals surface area contributed by atoms with Gasteiger partial charge in [-0.2, -0.15) is 0 Å². The molecule has 3 N–H and O–H groups in total. The first kappa shape index (κ1) is 14.1. The van der Waals surface area contributed by atoms with Gasteiger partial charge < -0.3 is 11.1 Å². The molecule has 5 heteroatoms. The lowest BCUT2D eigenvalue weighted by molar-refractivity contribution is 0.0945. The lowest BCUT2D eigenvalue weighted by atomic mass is 10.2. The molecule has 0 bridgehead atoms. The van der Waals surface area contributed by atoms with Crippen molar-refractivity contribution in [1.82, 2.24) is 5.32 Å². The molecule has 0 aliphatic rings. The first-order valence-electron chi connectivity index (χ1n) is 6.70. The van der Waals surface area contributed by atoms with E-state index in [1.54, 1.807) is 11.3 Å². The van der Waals surface area contributed by atoms with Crippen LogP contribution in [0.15, 0.2) is 36.4 Å². The minimum Gasteiger partial charge on any atom is -0.397 e. The Hall–Kier alpha value is -1.85. The predicted octanol–water partition coefficient (Wildman–Crippen LogP) is 4.34. The fraction of sp³-hybridized carbons (Fsp3) is 0.188. The highest BCUT2D eigenvalue weighted by Gasteiger charge is 2.18. The summed E-state index contributed by atoms with van der Waals surface area (Å²) in [5.74, 6) is -0.104. The largest absolute Gasteiger partial charge is 0.397 e. The number of thiophene rings is 2. The second-order valence-corrected chi connectivity index (χ2v) is 7.36. The molecule has 0 fully saturated rings. The Morgan fingerprint density at radius 1 is 1.19 bits per heavy atom. The molecule has 0 saturated heterocycles. The third kappa shape index (κ3) is 2.66. The number of amides is 1. The highest BCUT2D eigenvalue weighted by Crippen LogP contribution is 2.33. The van der Waals surface area contributed by atoms with Gasteiger partial charge in [0.05, 0.1) is 11.7 Å². The summed E-state index contributed by atoms with van der Waals surface area (Å²) >= 11 is 3.14. The van der Waals surface area contributed by atoms with Crippen molar-refractivity contribution in [2.24, 2.45) is 0 Å². The molecule has 1 aromatic carbocycles. The number of nitrogen functional groups attached to an aromatic ring is 1. The molecule has 1 atom stereocenters. The maximum atomic E-state index is 12.4. The lowest BCUT2D eigenvalue weighted by Gasteiger charge is -2.11. The molecule has 0 aliphatic heterocycles. The van der Waals surface area contributed by atoms with Gasteiger partial charge in [0.2, 0.25) is 0 Å². The molecule has 0 saturated carbocycles. The van der Waals surface area contributed by atoms with Crippen molar-refractivity contribution in [3.05, 3.63) is 51.0 Å². The van der Waals surface area contributed by atoms with Gasteiger partial charge in [0.1, 0.15) is 4.88 Å². The maximum Gasteiger partial charge on any atom is 0.264 e. The monoisotopic (exact) mass is 316 g/mol. The van der Waals surface area contributed by atoms with Crippen molar-refractivity contribution >= 4 is 44.4 Å². The van der Waals surface area contributed by atoms with Crippen molar-refractivity contribution in [3.8, 4) is 0 Å². The number of fused-ring (bicyclic) bond motifs is 1. The van der Waals surface area contributed by atoms with Crippen LogP contribution in [0.1, 0.15) is 32.4 Å². The molecular formula is C16H16N2OS2. The molecule has 108 valence electrons. The summed E-state index contributed by atoms with van der Waals surface area (Å²) in [5.41, 5.74) is 6.68. The zero-order chi connectivity index (χ0) is 15.0. The molecule has 21 heavy (non-hydrogen) atoms. The highest BCUT2D eigenvalue weighted by molar-refractivity contribution is 7.21. The second-order valence-electron chi connectivity index (χ2n) is 4.98. The standard InChI is InChI=1S/C16H16N2OS2/c1-9-7-8-12(20-9)10(2)18-16(19)15-14(17)11-5-3-4-6-13(11)21-15/h3-8,10H,17H2,1-2H3,(H,18,19). The summed E-state index contributed by atoms with van der Waals surface area (Å²) in [7, 11) is 0. The average Bonchev–Trinajstić information content (AvgIpc) is 3.04. The Bertz CT molecular complexity index is 804. The number of anilines is 1. The van der Waals surface area contributed by atoms with Gasteiger partial charge in [-0.05, 0) is 32.0 Å². The van der Waals surface area contributed by atoms with Gasteiger partial charge in [0.15, 0.2) is 0 Å². The van der Waals surface area contributed by atoms with Crippen molar-refractivity contribution in [3.63, 3.8) is 0 Å². The van der Waals surface area contributed by atoms with E-state index in [9.17, 15) is 4.79 Å². The molecule has 0 radical (unpaired) electrons. The number of benzene rings is 1. The molecule has 1 unspecified atom stereocenters. The highest BCUT2D eigenvalue weighted by atomic mass is 32.1. The van der Waals surface area contributed by atoms with Gasteiger partial charge in [0, 0.05) is 19.8 Å². The van der Waals surface area contributed by atoms with Crippen LogP contribution in [-0.2, 0) is 0 Å². The van der Waals surface area contributed by atoms with Gasteiger partial charge >= 0.3 is 0 Å². The Morgan fingerprint density at radius 2 is 1.95 bits per heavy atom. The van der Waals surface area contributed by atoms with E-state index in [4.69, 9.17) is 5.73 Å². The third-order valence-electron chi connectivity index (χ3n) is 3.38. The van der Waals surface area contributed by atoms with E-state index in [0.717, 1.165) is 15.0 Å². The van der Waals surface area contributed by atoms with Gasteiger partial charge in [-0.25, -0.2) is 0 Å². The first-order valence-corrected chi connectivity index (χ1v) is 8.34. The van der Waals surface area contributed by atoms with Gasteiger partial charge in [-0.3, -0.25) is 4.79 Å². The van der Waals surface area contributed by atoms with Crippen molar-refractivity contribution in [1.29, 1.82) is 0 Å². The second kappa shape index (κ2) is 5.50. The number of hydrogen-bond acceptors (Lipinski definition) is 4. The van der Waals surface area contributed by atoms with Crippen LogP contribution in [0.25, 0.3) is 10.1 Å². The van der Waals surface area contributed by atoms with Crippen molar-refractivity contribution in [2.75, 3.05) is 5.73 Å². The minimum atomic E-state index is -0.104. The Kier molecular flexibility index (Phi) is 3.69. The number of rotatable bonds is 3. The summed E-state index contributed by atoms with van der Waals surface area (Å²) in [6, 6.07) is 11.9. The van der Waals surface area contributed by atoms with E-state index in [1.165, 1.54) is 16.2 Å². The van der Waals surface area contributed by atoms with Crippen molar-refractivity contribution < 1.29 is 4.79 Å². The van der Waals surface area contributed by atoms with Crippen LogP contribution in [0.5, 0.6) is 0 Å². The van der Waals surface area contributed by atoms with E-state index in [1.807, 2.05) is 31.2 Å². The number of aryl methyl sites for hydroxylation is 1. The maximum absolute atomic E-state index is 12.4. The molecule has 3 rings (SSSR count). The smallest absolute Gasteiger partial charge is 0.264 e. The third-order valence-corrected chi connectivity index (χ3v) is 5.74. The molecule has 3 nitrogen and oxygen atoms in total. The fourth-order valence-corrected chi connectivity index (χ4v) is 4.16. The van der Waals surface area contributed by atoms with Gasteiger partial charge in [-0.1, -0.05) is 18.2 Å². The Balaban J connectivity index is 1.85. The average molecular weight is 316 g/mol. The molecule has 1 amide bonds. The Morgan fingerprint density at radius 3 is 2.62 bits per heavy atom. The van der Waals surface area contributed by atoms with Crippen LogP contribution in [-0.4, -0.2) is 5.91 Å². The fourth-order valence-electron chi connectivity index (χ4n) is 2.25. The first-order chi connectivity index (χ1) is 10.1. The number of nitrogens with two attached hydrogens (primary N) is 1. The van der Waals surface area contributed by atoms with Crippen LogP contribution < -0.4 is 11.1 Å². The summed E-state index contributed by atoms with van der Waals surface area (Å²) in [4.78, 5) is 15.4. The van der Waals surface area contributed by atoms with Crippen LogP contribution in [0.4, 0.5) is 5.69 Å². The van der Waals surface area contributed by atoms with Crippen LogP contribution in [0, 0.1) is 6.92 Å². The zero-order valence-corrected chi connectivity index (χ0v) is 13.5. The number of carbonyl (C=O) groups is 1. The number of carbonyl (C=O) groups excluding carboxylic acids is 1. The van der Waals surface area contributed by atoms with Gasteiger partial charge in [0.25, 0.3) is 5.91 Å².